The first-order valence-corrected chi connectivity index (χ1v) is 23.0. The lowest BCUT2D eigenvalue weighted by Gasteiger charge is -2.24. The molecule has 67 heavy (non-hydrogen) atoms. The van der Waals surface area contributed by atoms with Gasteiger partial charge in [-0.2, -0.15) is 5.10 Å². The number of rotatable bonds is 23. The molecule has 0 aliphatic rings. The Balaban J connectivity index is 1.26. The van der Waals surface area contributed by atoms with E-state index < -0.39 is 11.9 Å². The maximum absolute atomic E-state index is 13.9. The Kier molecular flexibility index (Phi) is 18.3. The van der Waals surface area contributed by atoms with Crippen molar-refractivity contribution >= 4 is 69.7 Å². The normalized spacial score (nSPS) is 12.1. The molecule has 1 atom stereocenters. The molecule has 4 N–H and O–H groups in total. The molecule has 5 aromatic rings. The zero-order valence-corrected chi connectivity index (χ0v) is 40.5. The molecule has 13 nitrogen and oxygen atoms in total. The van der Waals surface area contributed by atoms with Crippen molar-refractivity contribution in [2.75, 3.05) is 43.9 Å². The fourth-order valence-corrected chi connectivity index (χ4v) is 8.37. The number of carbonyl (C=O) groups excluding carboxylic acids is 5. The summed E-state index contributed by atoms with van der Waals surface area (Å²) in [5.74, 6) is -0.922. The fourth-order valence-electron chi connectivity index (χ4n) is 8.12. The Bertz CT molecular complexity index is 2620. The number of nitrogens with zero attached hydrogens (tertiary/aromatic N) is 3. The van der Waals surface area contributed by atoms with Crippen LogP contribution in [0.2, 0.25) is 5.02 Å². The van der Waals surface area contributed by atoms with Crippen LogP contribution in [0.5, 0.6) is 5.75 Å². The first kappa shape index (κ1) is 51.4. The van der Waals surface area contributed by atoms with Crippen LogP contribution in [0.1, 0.15) is 92.2 Å². The van der Waals surface area contributed by atoms with Crippen LogP contribution in [-0.2, 0) is 26.2 Å². The number of fused-ring (bicyclic) bond motifs is 1. The Hall–Kier alpha value is -6.54. The third-order valence-corrected chi connectivity index (χ3v) is 11.8. The molecule has 0 saturated carbocycles. The molecular formula is C52H63ClFN7O6. The molecule has 0 fully saturated rings. The van der Waals surface area contributed by atoms with Gasteiger partial charge in [0.15, 0.2) is 0 Å². The van der Waals surface area contributed by atoms with Gasteiger partial charge in [-0.25, -0.2) is 4.39 Å². The van der Waals surface area contributed by atoms with Crippen molar-refractivity contribution in [3.63, 3.8) is 0 Å². The molecule has 1 heterocycles. The third kappa shape index (κ3) is 13.5. The van der Waals surface area contributed by atoms with E-state index in [2.05, 4.69) is 54.2 Å². The summed E-state index contributed by atoms with van der Waals surface area (Å²) < 4.78 is 22.1. The Morgan fingerprint density at radius 3 is 2.34 bits per heavy atom. The molecule has 0 spiro atoms. The van der Waals surface area contributed by atoms with Crippen molar-refractivity contribution < 1.29 is 33.1 Å². The molecule has 1 unspecified atom stereocenters. The number of ether oxygens (including phenoxy) is 1. The van der Waals surface area contributed by atoms with Crippen LogP contribution in [0.25, 0.3) is 27.5 Å². The number of imide groups is 1. The molecule has 5 rings (SSSR count). The maximum atomic E-state index is 13.9. The molecule has 0 radical (unpaired) electrons. The van der Waals surface area contributed by atoms with Gasteiger partial charge >= 0.3 is 0 Å². The first-order valence-electron chi connectivity index (χ1n) is 22.6. The lowest BCUT2D eigenvalue weighted by Crippen LogP contribution is -2.41. The van der Waals surface area contributed by atoms with Gasteiger partial charge in [0, 0.05) is 67.1 Å². The molecule has 356 valence electrons. The number of nitrogens with one attached hydrogen (secondary N) is 4. The molecule has 4 amide bonds. The second-order valence-electron chi connectivity index (χ2n) is 17.7. The van der Waals surface area contributed by atoms with Crippen LogP contribution in [0.15, 0.2) is 72.8 Å². The van der Waals surface area contributed by atoms with Gasteiger partial charge in [-0.1, -0.05) is 68.8 Å². The summed E-state index contributed by atoms with van der Waals surface area (Å²) in [6.45, 7) is 13.5. The molecule has 0 saturated heterocycles. The van der Waals surface area contributed by atoms with Crippen LogP contribution in [0, 0.1) is 32.0 Å². The highest BCUT2D eigenvalue weighted by Crippen LogP contribution is 2.44. The van der Waals surface area contributed by atoms with E-state index in [1.165, 1.54) is 19.2 Å². The first-order chi connectivity index (χ1) is 32.0. The van der Waals surface area contributed by atoms with Crippen LogP contribution in [-0.4, -0.2) is 84.4 Å². The van der Waals surface area contributed by atoms with E-state index in [-0.39, 0.29) is 54.4 Å². The average molecular weight is 937 g/mol. The van der Waals surface area contributed by atoms with Crippen molar-refractivity contribution in [1.29, 1.82) is 0 Å². The lowest BCUT2D eigenvalue weighted by molar-refractivity contribution is -0.125. The van der Waals surface area contributed by atoms with Crippen molar-refractivity contribution in [3.8, 4) is 16.9 Å². The Morgan fingerprint density at radius 2 is 1.66 bits per heavy atom. The topological polar surface area (TPSA) is 164 Å². The standard InChI is InChI=1S/C52H63ClFN7O6/c1-33-14-11-17-43(47(33)51(66)61(32-63)39(31-62)20-24-45(64)55-7)58-30-46(65)56-25-9-10-26-57-50-41(22-23-42(53)49(50)48-34(2)59-60(8)35(48)3)37(29-52(4,5)6)16-13-27-67-44-18-12-15-36-28-38(54)19-21-40(36)44/h11-12,14-15,17-19,21-23,28-29,31-32,39,57-58H,9-10,13,16,20,24-27,30H2,1-8H3,(H,55,64)(H,56,65)/b37-29+. The van der Waals surface area contributed by atoms with Gasteiger partial charge in [0.2, 0.25) is 18.2 Å². The van der Waals surface area contributed by atoms with Crippen molar-refractivity contribution in [2.45, 2.75) is 86.1 Å². The van der Waals surface area contributed by atoms with Crippen molar-refractivity contribution in [3.05, 3.63) is 112 Å². The summed E-state index contributed by atoms with van der Waals surface area (Å²) in [5.41, 5.74) is 7.58. The van der Waals surface area contributed by atoms with Gasteiger partial charge < -0.3 is 30.8 Å². The van der Waals surface area contributed by atoms with Gasteiger partial charge in [-0.15, -0.1) is 0 Å². The summed E-state index contributed by atoms with van der Waals surface area (Å²) in [4.78, 5) is 63.3. The number of hydrogen-bond acceptors (Lipinski definition) is 9. The van der Waals surface area contributed by atoms with E-state index >= 15 is 0 Å². The molecular weight excluding hydrogens is 873 g/mol. The smallest absolute Gasteiger partial charge is 0.263 e. The molecule has 0 aliphatic heterocycles. The summed E-state index contributed by atoms with van der Waals surface area (Å²) in [6.07, 6.45) is 5.77. The van der Waals surface area contributed by atoms with Crippen molar-refractivity contribution in [1.82, 2.24) is 25.3 Å². The summed E-state index contributed by atoms with van der Waals surface area (Å²) in [7, 11) is 3.38. The minimum atomic E-state index is -1.14. The second-order valence-corrected chi connectivity index (χ2v) is 18.1. The second kappa shape index (κ2) is 23.8. The monoisotopic (exact) mass is 935 g/mol. The van der Waals surface area contributed by atoms with Gasteiger partial charge in [-0.05, 0) is 111 Å². The largest absolute Gasteiger partial charge is 0.493 e. The van der Waals surface area contributed by atoms with Gasteiger partial charge in [-0.3, -0.25) is 28.8 Å². The SMILES string of the molecule is CNC(=O)CCC(C=O)N(C=O)C(=O)c1c(C)cccc1NCC(=O)NCCCCNc1c(/C(=C/C(C)(C)C)CCCOc2cccc3cc(F)ccc23)ccc(Cl)c1-c1c(C)nn(C)c1C. The van der Waals surface area contributed by atoms with Crippen LogP contribution >= 0.6 is 11.6 Å². The number of aromatic nitrogens is 2. The maximum Gasteiger partial charge on any atom is 0.263 e. The van der Waals surface area contributed by atoms with E-state index in [0.717, 1.165) is 61.4 Å². The highest BCUT2D eigenvalue weighted by atomic mass is 35.5. The van der Waals surface area contributed by atoms with Crippen LogP contribution in [0.4, 0.5) is 15.8 Å². The zero-order chi connectivity index (χ0) is 48.8. The molecule has 4 aromatic carbocycles. The number of benzene rings is 4. The lowest BCUT2D eigenvalue weighted by atomic mass is 9.86. The van der Waals surface area contributed by atoms with E-state index in [0.29, 0.717) is 67.3 Å². The van der Waals surface area contributed by atoms with Gasteiger partial charge in [0.25, 0.3) is 5.91 Å². The zero-order valence-electron chi connectivity index (χ0n) is 39.8. The number of aryl methyl sites for hydroxylation is 3. The predicted octanol–water partition coefficient (Wildman–Crippen LogP) is 9.36. The molecule has 1 aromatic heterocycles. The summed E-state index contributed by atoms with van der Waals surface area (Å²) in [6, 6.07) is 18.3. The molecule has 0 aliphatic carbocycles. The van der Waals surface area contributed by atoms with Crippen LogP contribution in [0.3, 0.4) is 0 Å². The number of aldehydes is 1. The number of hydrogen-bond donors (Lipinski definition) is 4. The minimum absolute atomic E-state index is 0.0313. The number of carbonyl (C=O) groups is 5. The summed E-state index contributed by atoms with van der Waals surface area (Å²) >= 11 is 7.10. The molecule has 0 bridgehead atoms. The van der Waals surface area contributed by atoms with Gasteiger partial charge in [0.1, 0.15) is 17.9 Å². The van der Waals surface area contributed by atoms with E-state index in [4.69, 9.17) is 21.4 Å². The predicted molar refractivity (Wildman–Crippen MR) is 265 cm³/mol. The Labute approximate surface area is 397 Å². The van der Waals surface area contributed by atoms with Gasteiger partial charge in [0.05, 0.1) is 41.2 Å². The highest BCUT2D eigenvalue weighted by molar-refractivity contribution is 6.34. The Morgan fingerprint density at radius 1 is 0.910 bits per heavy atom. The van der Waals surface area contributed by atoms with E-state index in [1.807, 2.05) is 49.8 Å². The third-order valence-electron chi connectivity index (χ3n) is 11.5. The number of halogens is 2. The number of amides is 4. The minimum Gasteiger partial charge on any atom is -0.493 e. The average Bonchev–Trinajstić information content (AvgIpc) is 3.54. The van der Waals surface area contributed by atoms with E-state index in [1.54, 1.807) is 31.2 Å². The quantitative estimate of drug-likeness (QED) is 0.0369. The molecule has 15 heteroatoms. The number of allylic oxidation sites excluding steroid dienone is 2. The van der Waals surface area contributed by atoms with Crippen molar-refractivity contribution in [2.24, 2.45) is 12.5 Å². The number of unbranched alkanes of at least 4 members (excludes halogenated alkanes) is 1. The van der Waals surface area contributed by atoms with E-state index in [9.17, 15) is 28.4 Å². The number of anilines is 2. The highest BCUT2D eigenvalue weighted by Gasteiger charge is 2.28. The fraction of sp³-hybridized carbons (Fsp3) is 0.385. The summed E-state index contributed by atoms with van der Waals surface area (Å²) in [5, 5.41) is 19.1. The van der Waals surface area contributed by atoms with Crippen LogP contribution < -0.4 is 26.0 Å².